The Morgan fingerprint density at radius 1 is 1.29 bits per heavy atom. The van der Waals surface area contributed by atoms with Gasteiger partial charge in [-0.1, -0.05) is 18.1 Å². The third kappa shape index (κ3) is 0.929. The first-order valence-electron chi connectivity index (χ1n) is 4.29. The molecule has 1 rings (SSSR count). The van der Waals surface area contributed by atoms with Crippen LogP contribution in [0.3, 0.4) is 0 Å². The number of hydrogen-bond donors (Lipinski definition) is 1. The molecule has 36 valence electrons. The molecule has 0 unspecified atom stereocenters. The van der Waals surface area contributed by atoms with Crippen molar-refractivity contribution in [2.75, 3.05) is 5.73 Å². The predicted octanol–water partition coefficient (Wildman–Crippen LogP) is 1.27. The van der Waals surface area contributed by atoms with Gasteiger partial charge >= 0.3 is 0 Å². The fourth-order valence-corrected chi connectivity index (χ4v) is 0.260. The smallest absolute Gasteiger partial charge is 0.0644 e. The average Bonchev–Trinajstić information content (AvgIpc) is 2.08. The van der Waals surface area contributed by atoms with Gasteiger partial charge in [0.25, 0.3) is 0 Å². The second kappa shape index (κ2) is 1.65. The van der Waals surface area contributed by atoms with E-state index in [-0.39, 0.29) is 17.8 Å². The normalized spacial score (nSPS) is 18.6. The molecule has 0 spiro atoms. The summed E-state index contributed by atoms with van der Waals surface area (Å²) in [7, 11) is 0. The van der Waals surface area contributed by atoms with E-state index in [0.717, 1.165) is 0 Å². The molecule has 0 amide bonds. The van der Waals surface area contributed by atoms with Crippen LogP contribution in [-0.4, -0.2) is 0 Å². The Bertz CT molecular complexity index is 230. The Hall–Kier alpha value is -0.980. The van der Waals surface area contributed by atoms with E-state index in [0.29, 0.717) is 0 Å². The number of rotatable bonds is 0. The fourth-order valence-electron chi connectivity index (χ4n) is 0.260. The van der Waals surface area contributed by atoms with Gasteiger partial charge in [0.2, 0.25) is 0 Å². The van der Waals surface area contributed by atoms with Crippen LogP contribution in [0.25, 0.3) is 0 Å². The van der Waals surface area contributed by atoms with Gasteiger partial charge in [0.05, 0.1) is 6.85 Å². The number of hydrogen-bond acceptors (Lipinski definition) is 1. The SMILES string of the molecule is [2H]c1c([2H])c([2H])c(N)c([2H])c1[2H]. The predicted molar refractivity (Wildman–Crippen MR) is 30.9 cm³/mol. The molecule has 0 bridgehead atoms. The van der Waals surface area contributed by atoms with Crippen LogP contribution in [0.5, 0.6) is 0 Å². The van der Waals surface area contributed by atoms with Crippen molar-refractivity contribution in [3.8, 4) is 0 Å². The monoisotopic (exact) mass is 98.1 g/mol. The zero-order valence-electron chi connectivity index (χ0n) is 8.58. The Labute approximate surface area is 49.8 Å². The minimum atomic E-state index is -0.417. The van der Waals surface area contributed by atoms with E-state index in [1.165, 1.54) is 0 Å². The summed E-state index contributed by atoms with van der Waals surface area (Å²) in [6.45, 7) is 0. The number of nitrogen functional groups attached to an aromatic ring is 1. The first-order valence-corrected chi connectivity index (χ1v) is 1.79. The van der Waals surface area contributed by atoms with E-state index < -0.39 is 18.1 Å². The summed E-state index contributed by atoms with van der Waals surface area (Å²) in [5.41, 5.74) is 5.05. The highest BCUT2D eigenvalue weighted by Gasteiger charge is 1.72. The molecule has 1 aromatic rings. The lowest BCUT2D eigenvalue weighted by atomic mass is 10.3. The fraction of sp³-hybridized carbons (Fsp3) is 0. The van der Waals surface area contributed by atoms with Crippen molar-refractivity contribution in [2.24, 2.45) is 0 Å². The summed E-state index contributed by atoms with van der Waals surface area (Å²) < 4.78 is 35.9. The zero-order chi connectivity index (χ0) is 9.46. The summed E-state index contributed by atoms with van der Waals surface area (Å²) in [4.78, 5) is 0. The quantitative estimate of drug-likeness (QED) is 0.486. The Morgan fingerprint density at radius 2 is 1.86 bits per heavy atom. The van der Waals surface area contributed by atoms with Crippen molar-refractivity contribution in [3.05, 3.63) is 30.2 Å². The summed E-state index contributed by atoms with van der Waals surface area (Å²) in [6, 6.07) is -1.90. The van der Waals surface area contributed by atoms with Gasteiger partial charge in [-0.15, -0.1) is 0 Å². The lowest BCUT2D eigenvalue weighted by Crippen LogP contribution is -1.79. The first kappa shape index (κ1) is 1.25. The molecule has 7 heavy (non-hydrogen) atoms. The largest absolute Gasteiger partial charge is 0.399 e. The first-order chi connectivity index (χ1) is 5.46. The molecule has 0 heterocycles. The van der Waals surface area contributed by atoms with Crippen molar-refractivity contribution in [3.63, 3.8) is 0 Å². The summed E-state index contributed by atoms with van der Waals surface area (Å²) in [6.07, 6.45) is 0. The molecule has 0 radical (unpaired) electrons. The molecule has 0 aromatic heterocycles. The standard InChI is InChI=1S/C6H7N/c7-6-4-2-1-3-5-6/h1-5H,7H2/i1D,2D,3D,4D,5D. The highest BCUT2D eigenvalue weighted by molar-refractivity contribution is 5.35. The molecule has 0 aliphatic heterocycles. The van der Waals surface area contributed by atoms with E-state index in [1.54, 1.807) is 0 Å². The Kier molecular flexibility index (Phi) is 0.294. The van der Waals surface area contributed by atoms with Crippen LogP contribution in [0.1, 0.15) is 6.85 Å². The van der Waals surface area contributed by atoms with Crippen molar-refractivity contribution in [1.82, 2.24) is 0 Å². The second-order valence-electron chi connectivity index (χ2n) is 1.04. The maximum Gasteiger partial charge on any atom is 0.0644 e. The Balaban J connectivity index is 3.60. The lowest BCUT2D eigenvalue weighted by molar-refractivity contribution is 1.69. The summed E-state index contributed by atoms with van der Waals surface area (Å²) in [5.74, 6) is 0. The van der Waals surface area contributed by atoms with Gasteiger partial charge in [0, 0.05) is 5.69 Å². The third-order valence-corrected chi connectivity index (χ3v) is 0.519. The molecule has 2 N–H and O–H groups in total. The molecule has 0 aliphatic carbocycles. The molecule has 0 saturated heterocycles. The van der Waals surface area contributed by atoms with E-state index in [4.69, 9.17) is 12.6 Å². The van der Waals surface area contributed by atoms with Gasteiger partial charge < -0.3 is 5.73 Å². The van der Waals surface area contributed by atoms with Crippen molar-refractivity contribution >= 4 is 5.69 Å². The van der Waals surface area contributed by atoms with Crippen LogP contribution >= 0.6 is 0 Å². The molecule has 1 heteroatoms. The lowest BCUT2D eigenvalue weighted by Gasteiger charge is -1.83. The van der Waals surface area contributed by atoms with Crippen LogP contribution < -0.4 is 5.73 Å². The van der Waals surface area contributed by atoms with E-state index in [2.05, 4.69) is 0 Å². The number of benzene rings is 1. The average molecular weight is 98.2 g/mol. The second-order valence-corrected chi connectivity index (χ2v) is 1.04. The van der Waals surface area contributed by atoms with Crippen LogP contribution in [0.15, 0.2) is 30.2 Å². The maximum atomic E-state index is 7.19. The topological polar surface area (TPSA) is 26.0 Å². The van der Waals surface area contributed by atoms with Gasteiger partial charge in [-0.3, -0.25) is 0 Å². The summed E-state index contributed by atoms with van der Waals surface area (Å²) >= 11 is 0. The highest BCUT2D eigenvalue weighted by atomic mass is 14.5. The molecule has 0 fully saturated rings. The zero-order valence-corrected chi connectivity index (χ0v) is 3.58. The number of nitrogens with two attached hydrogens (primary N) is 1. The maximum absolute atomic E-state index is 7.19. The summed E-state index contributed by atoms with van der Waals surface area (Å²) in [5, 5.41) is 0. The molecule has 1 aromatic carbocycles. The van der Waals surface area contributed by atoms with Gasteiger partial charge in [-0.05, 0) is 12.1 Å². The van der Waals surface area contributed by atoms with Crippen LogP contribution in [0, 0.1) is 0 Å². The van der Waals surface area contributed by atoms with Gasteiger partial charge in [-0.2, -0.15) is 0 Å². The van der Waals surface area contributed by atoms with Crippen molar-refractivity contribution in [2.45, 2.75) is 0 Å². The minimum absolute atomic E-state index is 0.207. The van der Waals surface area contributed by atoms with E-state index in [1.807, 2.05) is 0 Å². The van der Waals surface area contributed by atoms with E-state index in [9.17, 15) is 0 Å². The Morgan fingerprint density at radius 3 is 2.43 bits per heavy atom. The molecule has 0 atom stereocenters. The number of para-hydroxylation sites is 1. The van der Waals surface area contributed by atoms with Crippen LogP contribution in [0.2, 0.25) is 0 Å². The minimum Gasteiger partial charge on any atom is -0.399 e. The van der Waals surface area contributed by atoms with Crippen molar-refractivity contribution < 1.29 is 6.85 Å². The molecule has 1 nitrogen and oxygen atoms in total. The molecular formula is C6H7N. The molecule has 0 aliphatic rings. The van der Waals surface area contributed by atoms with Gasteiger partial charge in [0.15, 0.2) is 0 Å². The van der Waals surface area contributed by atoms with Crippen LogP contribution in [0.4, 0.5) is 5.69 Å². The molecule has 0 saturated carbocycles. The number of anilines is 1. The van der Waals surface area contributed by atoms with Gasteiger partial charge in [0.1, 0.15) is 0 Å². The highest BCUT2D eigenvalue weighted by Crippen LogP contribution is 1.95. The third-order valence-electron chi connectivity index (χ3n) is 0.519. The van der Waals surface area contributed by atoms with Crippen molar-refractivity contribution in [1.29, 1.82) is 0 Å². The van der Waals surface area contributed by atoms with Crippen LogP contribution in [-0.2, 0) is 0 Å². The van der Waals surface area contributed by atoms with E-state index >= 15 is 0 Å². The van der Waals surface area contributed by atoms with Gasteiger partial charge in [-0.25, -0.2) is 0 Å². The molecular weight excluding hydrogens is 86.1 g/mol.